The predicted molar refractivity (Wildman–Crippen MR) is 88.5 cm³/mol. The van der Waals surface area contributed by atoms with Crippen molar-refractivity contribution in [2.45, 2.75) is 45.1 Å². The molecular formula is C16H23N3O3S. The lowest BCUT2D eigenvalue weighted by molar-refractivity contribution is -0.130. The molecule has 7 heteroatoms. The van der Waals surface area contributed by atoms with Gasteiger partial charge in [0.2, 0.25) is 11.8 Å². The summed E-state index contributed by atoms with van der Waals surface area (Å²) in [5, 5.41) is 3.59. The van der Waals surface area contributed by atoms with Crippen molar-refractivity contribution in [2.75, 3.05) is 25.6 Å². The molecule has 1 fully saturated rings. The molecule has 0 saturated carbocycles. The number of amides is 2. The van der Waals surface area contributed by atoms with Gasteiger partial charge >= 0.3 is 0 Å². The lowest BCUT2D eigenvalue weighted by atomic mass is 10.0. The van der Waals surface area contributed by atoms with E-state index in [0.717, 1.165) is 18.5 Å². The molecule has 0 aromatic carbocycles. The van der Waals surface area contributed by atoms with Crippen LogP contribution in [0.15, 0.2) is 0 Å². The van der Waals surface area contributed by atoms with Gasteiger partial charge in [-0.1, -0.05) is 0 Å². The maximum atomic E-state index is 12.4. The smallest absolute Gasteiger partial charge is 0.231 e. The molecule has 6 nitrogen and oxygen atoms in total. The van der Waals surface area contributed by atoms with E-state index in [1.807, 2.05) is 6.92 Å². The minimum Gasteiger partial charge on any atom is -0.383 e. The minimum absolute atomic E-state index is 0.00234. The van der Waals surface area contributed by atoms with E-state index in [4.69, 9.17) is 4.74 Å². The van der Waals surface area contributed by atoms with E-state index in [0.29, 0.717) is 18.3 Å². The van der Waals surface area contributed by atoms with Crippen molar-refractivity contribution in [3.63, 3.8) is 0 Å². The normalized spacial score (nSPS) is 22.1. The van der Waals surface area contributed by atoms with Crippen LogP contribution in [0.25, 0.3) is 0 Å². The summed E-state index contributed by atoms with van der Waals surface area (Å²) in [5.41, 5.74) is 1.13. The van der Waals surface area contributed by atoms with Gasteiger partial charge in [0.05, 0.1) is 24.3 Å². The first kappa shape index (κ1) is 16.4. The molecule has 1 aliphatic heterocycles. The molecular weight excluding hydrogens is 314 g/mol. The van der Waals surface area contributed by atoms with Gasteiger partial charge in [-0.2, -0.15) is 0 Å². The van der Waals surface area contributed by atoms with Crippen LogP contribution in [-0.2, 0) is 27.2 Å². The Morgan fingerprint density at radius 2 is 2.26 bits per heavy atom. The third kappa shape index (κ3) is 3.55. The first-order chi connectivity index (χ1) is 11.1. The molecule has 126 valence electrons. The van der Waals surface area contributed by atoms with Gasteiger partial charge < -0.3 is 15.0 Å². The molecule has 1 saturated heterocycles. The number of aromatic nitrogens is 1. The Kier molecular flexibility index (Phi) is 4.96. The number of likely N-dealkylation sites (tertiary alicyclic amines) is 1. The summed E-state index contributed by atoms with van der Waals surface area (Å²) in [6.07, 6.45) is 4.71. The molecule has 0 unspecified atom stereocenters. The summed E-state index contributed by atoms with van der Waals surface area (Å²) in [5.74, 6) is -0.382. The minimum atomic E-state index is -0.303. The third-order valence-corrected chi connectivity index (χ3v) is 5.62. The summed E-state index contributed by atoms with van der Waals surface area (Å²) in [6, 6.07) is -0.00234. The summed E-state index contributed by atoms with van der Waals surface area (Å²) >= 11 is 1.58. The molecule has 3 rings (SSSR count). The molecule has 1 aromatic rings. The van der Waals surface area contributed by atoms with Gasteiger partial charge in [-0.25, -0.2) is 4.98 Å². The first-order valence-electron chi connectivity index (χ1n) is 8.16. The van der Waals surface area contributed by atoms with Crippen molar-refractivity contribution >= 4 is 28.3 Å². The lowest BCUT2D eigenvalue weighted by Gasteiger charge is -2.23. The average Bonchev–Trinajstić information content (AvgIpc) is 3.10. The second kappa shape index (κ2) is 6.97. The van der Waals surface area contributed by atoms with Gasteiger partial charge in [0.1, 0.15) is 0 Å². The highest BCUT2D eigenvalue weighted by molar-refractivity contribution is 7.15. The fraction of sp³-hybridized carbons (Fsp3) is 0.688. The van der Waals surface area contributed by atoms with E-state index in [1.54, 1.807) is 23.3 Å². The third-order valence-electron chi connectivity index (χ3n) is 4.54. The van der Waals surface area contributed by atoms with E-state index >= 15 is 0 Å². The largest absolute Gasteiger partial charge is 0.383 e. The first-order valence-corrected chi connectivity index (χ1v) is 8.98. The highest BCUT2D eigenvalue weighted by Crippen LogP contribution is 2.30. The van der Waals surface area contributed by atoms with Crippen molar-refractivity contribution in [1.82, 2.24) is 9.88 Å². The Morgan fingerprint density at radius 3 is 3.00 bits per heavy atom. The number of nitrogens with one attached hydrogen (secondary N) is 1. The zero-order valence-electron chi connectivity index (χ0n) is 13.6. The molecule has 1 N–H and O–H groups in total. The molecule has 1 aromatic heterocycles. The Labute approximate surface area is 140 Å². The number of ether oxygens (including phenoxy) is 1. The summed E-state index contributed by atoms with van der Waals surface area (Å²) < 4.78 is 5.10. The van der Waals surface area contributed by atoms with Crippen LogP contribution < -0.4 is 5.32 Å². The Hall–Kier alpha value is -1.47. The predicted octanol–water partition coefficient (Wildman–Crippen LogP) is 1.84. The number of anilines is 1. The quantitative estimate of drug-likeness (QED) is 0.890. The van der Waals surface area contributed by atoms with E-state index < -0.39 is 0 Å². The summed E-state index contributed by atoms with van der Waals surface area (Å²) in [7, 11) is 1.62. The molecule has 1 aliphatic carbocycles. The number of carbonyl (C=O) groups excluding carboxylic acids is 2. The topological polar surface area (TPSA) is 71.5 Å². The van der Waals surface area contributed by atoms with E-state index in [1.165, 1.54) is 17.7 Å². The zero-order chi connectivity index (χ0) is 16.4. The highest BCUT2D eigenvalue weighted by atomic mass is 32.1. The Bertz CT molecular complexity index is 578. The van der Waals surface area contributed by atoms with Gasteiger partial charge in [0, 0.05) is 25.0 Å². The summed E-state index contributed by atoms with van der Waals surface area (Å²) in [6.45, 7) is 2.89. The SMILES string of the molecule is COC[C@@H](C)N1C[C@H](C(=O)Nc2nc3c(s2)CCCC3)CC1=O. The molecule has 2 amide bonds. The maximum absolute atomic E-state index is 12.4. The number of carbonyl (C=O) groups is 2. The molecule has 2 heterocycles. The van der Waals surface area contributed by atoms with E-state index in [9.17, 15) is 9.59 Å². The van der Waals surface area contributed by atoms with Crippen LogP contribution in [0.2, 0.25) is 0 Å². The van der Waals surface area contributed by atoms with Gasteiger partial charge in [-0.3, -0.25) is 9.59 Å². The molecule has 2 atom stereocenters. The van der Waals surface area contributed by atoms with Crippen molar-refractivity contribution in [1.29, 1.82) is 0 Å². The number of rotatable bonds is 5. The second-order valence-corrected chi connectivity index (χ2v) is 7.42. The average molecular weight is 337 g/mol. The monoisotopic (exact) mass is 337 g/mol. The maximum Gasteiger partial charge on any atom is 0.231 e. The van der Waals surface area contributed by atoms with Gasteiger partial charge in [0.15, 0.2) is 5.13 Å². The van der Waals surface area contributed by atoms with Crippen LogP contribution in [0.4, 0.5) is 5.13 Å². The number of nitrogens with zero attached hydrogens (tertiary/aromatic N) is 2. The fourth-order valence-electron chi connectivity index (χ4n) is 3.28. The standard InChI is InChI=1S/C16H23N3O3S/c1-10(9-22-2)19-8-11(7-14(19)20)15(21)18-16-17-12-5-3-4-6-13(12)23-16/h10-11H,3-9H2,1-2H3,(H,17,18,21)/t10-,11-/m1/s1. The highest BCUT2D eigenvalue weighted by Gasteiger charge is 2.36. The Balaban J connectivity index is 1.60. The van der Waals surface area contributed by atoms with Gasteiger partial charge in [0.25, 0.3) is 0 Å². The molecule has 2 aliphatic rings. The van der Waals surface area contributed by atoms with Crippen molar-refractivity contribution < 1.29 is 14.3 Å². The van der Waals surface area contributed by atoms with Crippen molar-refractivity contribution in [3.8, 4) is 0 Å². The summed E-state index contributed by atoms with van der Waals surface area (Å²) in [4.78, 5) is 32.1. The van der Waals surface area contributed by atoms with Crippen molar-refractivity contribution in [3.05, 3.63) is 10.6 Å². The Morgan fingerprint density at radius 1 is 1.48 bits per heavy atom. The number of aryl methyl sites for hydroxylation is 2. The molecule has 0 spiro atoms. The van der Waals surface area contributed by atoms with Crippen LogP contribution in [0.5, 0.6) is 0 Å². The van der Waals surface area contributed by atoms with E-state index in [2.05, 4.69) is 10.3 Å². The fourth-order valence-corrected chi connectivity index (χ4v) is 4.33. The number of hydrogen-bond acceptors (Lipinski definition) is 5. The molecule has 0 bridgehead atoms. The lowest BCUT2D eigenvalue weighted by Crippen LogP contribution is -2.38. The number of hydrogen-bond donors (Lipinski definition) is 1. The van der Waals surface area contributed by atoms with Gasteiger partial charge in [-0.05, 0) is 32.6 Å². The van der Waals surface area contributed by atoms with Crippen molar-refractivity contribution in [2.24, 2.45) is 5.92 Å². The van der Waals surface area contributed by atoms with Crippen LogP contribution in [0.1, 0.15) is 36.8 Å². The van der Waals surface area contributed by atoms with Gasteiger partial charge in [-0.15, -0.1) is 11.3 Å². The number of fused-ring (bicyclic) bond motifs is 1. The van der Waals surface area contributed by atoms with Crippen LogP contribution in [0, 0.1) is 5.92 Å². The number of thiazole rings is 1. The van der Waals surface area contributed by atoms with Crippen LogP contribution in [0.3, 0.4) is 0 Å². The molecule has 23 heavy (non-hydrogen) atoms. The van der Waals surface area contributed by atoms with E-state index in [-0.39, 0.29) is 30.2 Å². The van der Waals surface area contributed by atoms with Crippen LogP contribution >= 0.6 is 11.3 Å². The second-order valence-electron chi connectivity index (χ2n) is 6.34. The molecule has 0 radical (unpaired) electrons. The zero-order valence-corrected chi connectivity index (χ0v) is 14.4. The number of methoxy groups -OCH3 is 1. The van der Waals surface area contributed by atoms with Crippen LogP contribution in [-0.4, -0.2) is 48.0 Å².